The molecule has 1 N–H and O–H groups in total. The number of carboxylic acids is 1. The van der Waals surface area contributed by atoms with E-state index in [0.717, 1.165) is 29.7 Å². The van der Waals surface area contributed by atoms with E-state index in [4.69, 9.17) is 0 Å². The van der Waals surface area contributed by atoms with E-state index in [0.29, 0.717) is 0 Å². The Balaban J connectivity index is 1.85. The number of carbonyl (C=O) groups is 1. The third kappa shape index (κ3) is 3.42. The second-order valence-corrected chi connectivity index (χ2v) is 8.10. The van der Waals surface area contributed by atoms with Gasteiger partial charge in [-0.25, -0.2) is 0 Å². The lowest BCUT2D eigenvalue weighted by atomic mass is 9.94. The monoisotopic (exact) mass is 379 g/mol. The quantitative estimate of drug-likeness (QED) is 0.855. The molecule has 0 bridgehead atoms. The number of hydrogen-bond donors (Lipinski definition) is 1. The lowest BCUT2D eigenvalue weighted by Gasteiger charge is -2.36. The molecule has 0 saturated carbocycles. The Bertz CT molecular complexity index is 635. The van der Waals surface area contributed by atoms with E-state index in [9.17, 15) is 9.90 Å². The topological polar surface area (TPSA) is 40.5 Å². The highest BCUT2D eigenvalue weighted by Gasteiger charge is 2.30. The summed E-state index contributed by atoms with van der Waals surface area (Å²) in [5.41, 5.74) is 1.27. The molecule has 0 amide bonds. The number of hydrogen-bond acceptors (Lipinski definition) is 3. The highest BCUT2D eigenvalue weighted by Crippen LogP contribution is 2.37. The van der Waals surface area contributed by atoms with Gasteiger partial charge in [0.05, 0.1) is 15.7 Å². The largest absolute Gasteiger partial charge is 0.481 e. The summed E-state index contributed by atoms with van der Waals surface area (Å²) >= 11 is 5.30. The summed E-state index contributed by atoms with van der Waals surface area (Å²) in [6.45, 7) is 1.65. The molecule has 116 valence electrons. The van der Waals surface area contributed by atoms with Crippen LogP contribution in [0.2, 0.25) is 0 Å². The van der Waals surface area contributed by atoms with Crippen molar-refractivity contribution in [2.75, 3.05) is 13.1 Å². The Morgan fingerprint density at radius 1 is 1.18 bits per heavy atom. The van der Waals surface area contributed by atoms with Crippen molar-refractivity contribution in [1.82, 2.24) is 4.90 Å². The van der Waals surface area contributed by atoms with Crippen molar-refractivity contribution in [3.05, 3.63) is 56.7 Å². The van der Waals surface area contributed by atoms with Gasteiger partial charge < -0.3 is 5.11 Å². The van der Waals surface area contributed by atoms with Gasteiger partial charge in [0, 0.05) is 4.88 Å². The van der Waals surface area contributed by atoms with Crippen LogP contribution in [0.25, 0.3) is 0 Å². The van der Waals surface area contributed by atoms with Crippen molar-refractivity contribution in [2.45, 2.75) is 18.9 Å². The molecular formula is C17H18BrNO2S. The van der Waals surface area contributed by atoms with Gasteiger partial charge in [-0.2, -0.15) is 0 Å². The molecule has 1 fully saturated rings. The normalized spacial score (nSPS) is 18.2. The zero-order valence-electron chi connectivity index (χ0n) is 12.1. The van der Waals surface area contributed by atoms with Gasteiger partial charge in [-0.05, 0) is 59.6 Å². The highest BCUT2D eigenvalue weighted by molar-refractivity contribution is 9.11. The Morgan fingerprint density at radius 3 is 2.41 bits per heavy atom. The first-order valence-electron chi connectivity index (χ1n) is 7.42. The first-order valence-corrected chi connectivity index (χ1v) is 9.03. The summed E-state index contributed by atoms with van der Waals surface area (Å²) < 4.78 is 1.13. The van der Waals surface area contributed by atoms with Crippen LogP contribution in [0.4, 0.5) is 0 Å². The molecule has 3 rings (SSSR count). The fraction of sp³-hybridized carbons (Fsp3) is 0.353. The molecule has 0 spiro atoms. The minimum atomic E-state index is -0.658. The second kappa shape index (κ2) is 6.94. The molecule has 5 heteroatoms. The van der Waals surface area contributed by atoms with E-state index in [1.165, 1.54) is 10.4 Å². The van der Waals surface area contributed by atoms with Gasteiger partial charge in [0.1, 0.15) is 0 Å². The molecule has 1 aromatic heterocycles. The number of nitrogens with zero attached hydrogens (tertiary/aromatic N) is 1. The predicted molar refractivity (Wildman–Crippen MR) is 92.2 cm³/mol. The molecule has 1 aliphatic heterocycles. The van der Waals surface area contributed by atoms with Crippen molar-refractivity contribution in [1.29, 1.82) is 0 Å². The van der Waals surface area contributed by atoms with Crippen LogP contribution in [0.5, 0.6) is 0 Å². The van der Waals surface area contributed by atoms with E-state index in [2.05, 4.69) is 57.2 Å². The summed E-state index contributed by atoms with van der Waals surface area (Å²) in [6.07, 6.45) is 1.45. The van der Waals surface area contributed by atoms with E-state index < -0.39 is 5.97 Å². The molecule has 22 heavy (non-hydrogen) atoms. The highest BCUT2D eigenvalue weighted by atomic mass is 79.9. The lowest BCUT2D eigenvalue weighted by molar-refractivity contribution is -0.143. The number of piperidine rings is 1. The standard InChI is InChI=1S/C17H18BrNO2S/c18-15-7-6-14(22-15)16(12-4-2-1-3-5-12)19-10-8-13(9-11-19)17(20)21/h1-7,13,16H,8-11H2,(H,20,21). The number of carboxylic acid groups (broad SMARTS) is 1. The molecule has 0 radical (unpaired) electrons. The van der Waals surface area contributed by atoms with Crippen LogP contribution in [0, 0.1) is 5.92 Å². The van der Waals surface area contributed by atoms with Crippen LogP contribution in [0.15, 0.2) is 46.3 Å². The second-order valence-electron chi connectivity index (χ2n) is 5.60. The number of benzene rings is 1. The van der Waals surface area contributed by atoms with Crippen LogP contribution >= 0.6 is 27.3 Å². The molecule has 1 unspecified atom stereocenters. The third-order valence-corrected chi connectivity index (χ3v) is 5.90. The minimum Gasteiger partial charge on any atom is -0.481 e. The van der Waals surface area contributed by atoms with Crippen molar-refractivity contribution in [3.8, 4) is 0 Å². The van der Waals surface area contributed by atoms with Gasteiger partial charge in [-0.1, -0.05) is 30.3 Å². The maximum absolute atomic E-state index is 11.2. The lowest BCUT2D eigenvalue weighted by Crippen LogP contribution is -2.38. The number of rotatable bonds is 4. The SMILES string of the molecule is O=C(O)C1CCN(C(c2ccccc2)c2ccc(Br)s2)CC1. The average Bonchev–Trinajstić information content (AvgIpc) is 2.95. The minimum absolute atomic E-state index is 0.192. The van der Waals surface area contributed by atoms with Crippen molar-refractivity contribution < 1.29 is 9.90 Å². The molecular weight excluding hydrogens is 362 g/mol. The van der Waals surface area contributed by atoms with Gasteiger partial charge in [-0.15, -0.1) is 11.3 Å². The predicted octanol–water partition coefficient (Wildman–Crippen LogP) is 4.40. The summed E-state index contributed by atoms with van der Waals surface area (Å²) in [7, 11) is 0. The molecule has 0 aliphatic carbocycles. The Kier molecular flexibility index (Phi) is 4.96. The first-order chi connectivity index (χ1) is 10.6. The van der Waals surface area contributed by atoms with E-state index in [1.807, 2.05) is 6.07 Å². The summed E-state index contributed by atoms with van der Waals surface area (Å²) in [5.74, 6) is -0.850. The van der Waals surface area contributed by atoms with E-state index in [1.54, 1.807) is 11.3 Å². The number of thiophene rings is 1. The Labute approximate surface area is 142 Å². The van der Waals surface area contributed by atoms with Crippen molar-refractivity contribution >= 4 is 33.2 Å². The van der Waals surface area contributed by atoms with Crippen LogP contribution in [0.3, 0.4) is 0 Å². The number of halogens is 1. The van der Waals surface area contributed by atoms with Gasteiger partial charge >= 0.3 is 5.97 Å². The van der Waals surface area contributed by atoms with Gasteiger partial charge in [0.25, 0.3) is 0 Å². The Morgan fingerprint density at radius 2 is 1.86 bits per heavy atom. The van der Waals surface area contributed by atoms with Gasteiger partial charge in [0.15, 0.2) is 0 Å². The fourth-order valence-electron chi connectivity index (χ4n) is 3.07. The van der Waals surface area contributed by atoms with Crippen molar-refractivity contribution in [3.63, 3.8) is 0 Å². The maximum Gasteiger partial charge on any atom is 0.306 e. The smallest absolute Gasteiger partial charge is 0.306 e. The van der Waals surface area contributed by atoms with E-state index in [-0.39, 0.29) is 12.0 Å². The number of aliphatic carboxylic acids is 1. The van der Waals surface area contributed by atoms with Gasteiger partial charge in [-0.3, -0.25) is 9.69 Å². The van der Waals surface area contributed by atoms with Crippen molar-refractivity contribution in [2.24, 2.45) is 5.92 Å². The van der Waals surface area contributed by atoms with Crippen LogP contribution in [-0.2, 0) is 4.79 Å². The third-order valence-electron chi connectivity index (χ3n) is 4.22. The zero-order chi connectivity index (χ0) is 15.5. The Hall–Kier alpha value is -1.17. The summed E-state index contributed by atoms with van der Waals surface area (Å²) in [4.78, 5) is 14.9. The van der Waals surface area contributed by atoms with Crippen LogP contribution in [-0.4, -0.2) is 29.1 Å². The fourth-order valence-corrected chi connectivity index (χ4v) is 4.66. The average molecular weight is 380 g/mol. The zero-order valence-corrected chi connectivity index (χ0v) is 14.5. The van der Waals surface area contributed by atoms with Crippen LogP contribution < -0.4 is 0 Å². The molecule has 1 aromatic carbocycles. The maximum atomic E-state index is 11.2. The molecule has 1 saturated heterocycles. The molecule has 1 atom stereocenters. The molecule has 1 aliphatic rings. The molecule has 2 aromatic rings. The molecule has 3 nitrogen and oxygen atoms in total. The summed E-state index contributed by atoms with van der Waals surface area (Å²) in [6, 6.07) is 14.9. The summed E-state index contributed by atoms with van der Waals surface area (Å²) in [5, 5.41) is 9.18. The first kappa shape index (κ1) is 15.7. The van der Waals surface area contributed by atoms with Gasteiger partial charge in [0.2, 0.25) is 0 Å². The van der Waals surface area contributed by atoms with Crippen LogP contribution in [0.1, 0.15) is 29.3 Å². The molecule has 2 heterocycles. The van der Waals surface area contributed by atoms with E-state index >= 15 is 0 Å². The number of likely N-dealkylation sites (tertiary alicyclic amines) is 1.